The standard InChI is InChI=1S/C16H17N3O2/c20-16-11-21-15-2-1-13(9-14(15)19-16)10-18-8-5-12-3-6-17-7-4-12/h1-4,6-7,9,18H,5,8,10-11H2,(H,19,20). The number of anilines is 1. The topological polar surface area (TPSA) is 63.2 Å². The van der Waals surface area contributed by atoms with Gasteiger partial charge in [-0.3, -0.25) is 9.78 Å². The molecule has 1 aliphatic heterocycles. The molecule has 2 heterocycles. The van der Waals surface area contributed by atoms with Gasteiger partial charge in [0.2, 0.25) is 0 Å². The van der Waals surface area contributed by atoms with Crippen molar-refractivity contribution in [3.05, 3.63) is 53.9 Å². The van der Waals surface area contributed by atoms with Crippen LogP contribution in [0.2, 0.25) is 0 Å². The number of nitrogens with one attached hydrogen (secondary N) is 2. The predicted molar refractivity (Wildman–Crippen MR) is 80.2 cm³/mol. The van der Waals surface area contributed by atoms with E-state index >= 15 is 0 Å². The van der Waals surface area contributed by atoms with Gasteiger partial charge >= 0.3 is 0 Å². The van der Waals surface area contributed by atoms with Crippen LogP contribution in [0.1, 0.15) is 11.1 Å². The Morgan fingerprint density at radius 2 is 2.05 bits per heavy atom. The molecule has 0 fully saturated rings. The second kappa shape index (κ2) is 6.37. The van der Waals surface area contributed by atoms with Crippen LogP contribution < -0.4 is 15.4 Å². The second-order valence-electron chi connectivity index (χ2n) is 4.95. The van der Waals surface area contributed by atoms with E-state index in [1.165, 1.54) is 5.56 Å². The van der Waals surface area contributed by atoms with Gasteiger partial charge in [-0.05, 0) is 48.4 Å². The summed E-state index contributed by atoms with van der Waals surface area (Å²) in [5.74, 6) is 0.625. The first kappa shape index (κ1) is 13.6. The number of ether oxygens (including phenoxy) is 1. The number of amides is 1. The van der Waals surface area contributed by atoms with Crippen molar-refractivity contribution in [2.75, 3.05) is 18.5 Å². The lowest BCUT2D eigenvalue weighted by molar-refractivity contribution is -0.118. The van der Waals surface area contributed by atoms with Gasteiger partial charge in [0.15, 0.2) is 6.61 Å². The number of carbonyl (C=O) groups is 1. The zero-order valence-electron chi connectivity index (χ0n) is 11.6. The molecule has 2 aromatic rings. The first-order valence-electron chi connectivity index (χ1n) is 6.96. The Balaban J connectivity index is 1.52. The molecule has 1 aliphatic rings. The number of hydrogen-bond donors (Lipinski definition) is 2. The van der Waals surface area contributed by atoms with Gasteiger partial charge in [-0.2, -0.15) is 0 Å². The molecule has 0 saturated carbocycles. The number of rotatable bonds is 5. The van der Waals surface area contributed by atoms with E-state index in [4.69, 9.17) is 4.74 Å². The van der Waals surface area contributed by atoms with Crippen LogP contribution in [0.3, 0.4) is 0 Å². The fourth-order valence-electron chi connectivity index (χ4n) is 2.26. The Bertz CT molecular complexity index is 629. The molecule has 0 unspecified atom stereocenters. The molecule has 0 bridgehead atoms. The van der Waals surface area contributed by atoms with E-state index in [0.29, 0.717) is 0 Å². The van der Waals surface area contributed by atoms with E-state index in [1.54, 1.807) is 0 Å². The highest BCUT2D eigenvalue weighted by Gasteiger charge is 2.15. The highest BCUT2D eigenvalue weighted by atomic mass is 16.5. The molecule has 0 aliphatic carbocycles. The lowest BCUT2D eigenvalue weighted by Gasteiger charge is -2.18. The van der Waals surface area contributed by atoms with E-state index < -0.39 is 0 Å². The van der Waals surface area contributed by atoms with Gasteiger partial charge in [0.05, 0.1) is 5.69 Å². The number of hydrogen-bond acceptors (Lipinski definition) is 4. The van der Waals surface area contributed by atoms with Gasteiger partial charge in [0.1, 0.15) is 5.75 Å². The molecule has 2 N–H and O–H groups in total. The largest absolute Gasteiger partial charge is 0.482 e. The molecule has 0 atom stereocenters. The van der Waals surface area contributed by atoms with Crippen LogP contribution in [0.15, 0.2) is 42.7 Å². The fourth-order valence-corrected chi connectivity index (χ4v) is 2.26. The Morgan fingerprint density at radius 1 is 1.19 bits per heavy atom. The molecule has 5 heteroatoms. The number of pyridine rings is 1. The van der Waals surface area contributed by atoms with Crippen LogP contribution in [0.4, 0.5) is 5.69 Å². The van der Waals surface area contributed by atoms with Crippen molar-refractivity contribution >= 4 is 11.6 Å². The van der Waals surface area contributed by atoms with E-state index in [2.05, 4.69) is 15.6 Å². The van der Waals surface area contributed by atoms with Crippen molar-refractivity contribution < 1.29 is 9.53 Å². The minimum atomic E-state index is -0.106. The quantitative estimate of drug-likeness (QED) is 0.821. The number of carbonyl (C=O) groups excluding carboxylic acids is 1. The van der Waals surface area contributed by atoms with E-state index in [1.807, 2.05) is 42.7 Å². The Hall–Kier alpha value is -2.40. The fraction of sp³-hybridized carbons (Fsp3) is 0.250. The first-order valence-corrected chi connectivity index (χ1v) is 6.96. The molecular weight excluding hydrogens is 266 g/mol. The van der Waals surface area contributed by atoms with Gasteiger partial charge < -0.3 is 15.4 Å². The number of nitrogens with zero attached hydrogens (tertiary/aromatic N) is 1. The first-order chi connectivity index (χ1) is 10.3. The number of benzene rings is 1. The third kappa shape index (κ3) is 3.58. The number of aromatic nitrogens is 1. The molecule has 0 radical (unpaired) electrons. The van der Waals surface area contributed by atoms with E-state index in [9.17, 15) is 4.79 Å². The monoisotopic (exact) mass is 283 g/mol. The van der Waals surface area contributed by atoms with Crippen LogP contribution in [0.25, 0.3) is 0 Å². The van der Waals surface area contributed by atoms with Crippen molar-refractivity contribution in [1.29, 1.82) is 0 Å². The Kier molecular flexibility index (Phi) is 4.12. The maximum atomic E-state index is 11.3. The summed E-state index contributed by atoms with van der Waals surface area (Å²) in [6.45, 7) is 1.74. The maximum Gasteiger partial charge on any atom is 0.262 e. The molecule has 0 spiro atoms. The summed E-state index contributed by atoms with van der Waals surface area (Å²) in [5, 5.41) is 6.21. The SMILES string of the molecule is O=C1COc2ccc(CNCCc3ccncc3)cc2N1. The zero-order valence-corrected chi connectivity index (χ0v) is 11.6. The van der Waals surface area contributed by atoms with E-state index in [0.717, 1.165) is 36.5 Å². The lowest BCUT2D eigenvalue weighted by atomic mass is 10.1. The van der Waals surface area contributed by atoms with Crippen LogP contribution >= 0.6 is 0 Å². The molecule has 5 nitrogen and oxygen atoms in total. The van der Waals surface area contributed by atoms with Crippen LogP contribution in [-0.4, -0.2) is 24.0 Å². The highest BCUT2D eigenvalue weighted by molar-refractivity contribution is 5.95. The summed E-state index contributed by atoms with van der Waals surface area (Å²) in [6, 6.07) is 9.90. The Morgan fingerprint density at radius 3 is 2.90 bits per heavy atom. The zero-order chi connectivity index (χ0) is 14.5. The number of fused-ring (bicyclic) bond motifs is 1. The van der Waals surface area contributed by atoms with E-state index in [-0.39, 0.29) is 12.5 Å². The van der Waals surface area contributed by atoms with Gasteiger partial charge in [-0.15, -0.1) is 0 Å². The summed E-state index contributed by atoms with van der Waals surface area (Å²) in [7, 11) is 0. The highest BCUT2D eigenvalue weighted by Crippen LogP contribution is 2.28. The molecular formula is C16H17N3O2. The summed E-state index contributed by atoms with van der Waals surface area (Å²) in [5.41, 5.74) is 3.14. The van der Waals surface area contributed by atoms with Crippen molar-refractivity contribution in [3.63, 3.8) is 0 Å². The molecule has 108 valence electrons. The van der Waals surface area contributed by atoms with Crippen molar-refractivity contribution in [2.45, 2.75) is 13.0 Å². The summed E-state index contributed by atoms with van der Waals surface area (Å²) < 4.78 is 5.34. The lowest BCUT2D eigenvalue weighted by Crippen LogP contribution is -2.25. The smallest absolute Gasteiger partial charge is 0.262 e. The summed E-state index contributed by atoms with van der Waals surface area (Å²) >= 11 is 0. The van der Waals surface area contributed by atoms with Crippen LogP contribution in [0.5, 0.6) is 5.75 Å². The third-order valence-electron chi connectivity index (χ3n) is 3.35. The van der Waals surface area contributed by atoms with Gasteiger partial charge in [0, 0.05) is 18.9 Å². The molecule has 0 saturated heterocycles. The molecule has 1 amide bonds. The van der Waals surface area contributed by atoms with Crippen molar-refractivity contribution in [2.24, 2.45) is 0 Å². The molecule has 21 heavy (non-hydrogen) atoms. The molecule has 1 aromatic heterocycles. The molecule has 1 aromatic carbocycles. The van der Waals surface area contributed by atoms with Crippen molar-refractivity contribution in [3.8, 4) is 5.75 Å². The van der Waals surface area contributed by atoms with Crippen LogP contribution in [-0.2, 0) is 17.8 Å². The Labute approximate surface area is 123 Å². The minimum Gasteiger partial charge on any atom is -0.482 e. The summed E-state index contributed by atoms with van der Waals surface area (Å²) in [4.78, 5) is 15.3. The third-order valence-corrected chi connectivity index (χ3v) is 3.35. The second-order valence-corrected chi connectivity index (χ2v) is 4.95. The summed E-state index contributed by atoms with van der Waals surface area (Å²) in [6.07, 6.45) is 4.58. The van der Waals surface area contributed by atoms with Gasteiger partial charge in [-0.25, -0.2) is 0 Å². The van der Waals surface area contributed by atoms with Crippen LogP contribution in [0, 0.1) is 0 Å². The van der Waals surface area contributed by atoms with Crippen molar-refractivity contribution in [1.82, 2.24) is 10.3 Å². The minimum absolute atomic E-state index is 0.0938. The average molecular weight is 283 g/mol. The molecule has 3 rings (SSSR count). The maximum absolute atomic E-state index is 11.3. The van der Waals surface area contributed by atoms with Gasteiger partial charge in [0.25, 0.3) is 5.91 Å². The normalized spacial score (nSPS) is 13.2. The van der Waals surface area contributed by atoms with Gasteiger partial charge in [-0.1, -0.05) is 6.07 Å². The average Bonchev–Trinajstić information content (AvgIpc) is 2.52. The predicted octanol–water partition coefficient (Wildman–Crippen LogP) is 1.74.